The fourth-order valence-electron chi connectivity index (χ4n) is 4.02. The molecule has 1 heterocycles. The van der Waals surface area contributed by atoms with Gasteiger partial charge in [0.1, 0.15) is 5.82 Å². The van der Waals surface area contributed by atoms with Gasteiger partial charge in [0.2, 0.25) is 0 Å². The van der Waals surface area contributed by atoms with Crippen LogP contribution in [0.15, 0.2) is 36.4 Å². The summed E-state index contributed by atoms with van der Waals surface area (Å²) in [5.74, 6) is -0.148. The maximum Gasteiger partial charge on any atom is 0.335 e. The second-order valence-electron chi connectivity index (χ2n) is 8.65. The monoisotopic (exact) mass is 348 g/mol. The molecule has 1 aromatic heterocycles. The molecular weight excluding hydrogens is 324 g/mol. The van der Waals surface area contributed by atoms with E-state index >= 15 is 0 Å². The van der Waals surface area contributed by atoms with Gasteiger partial charge in [0, 0.05) is 5.56 Å². The minimum Gasteiger partial charge on any atom is -0.478 e. The highest BCUT2D eigenvalue weighted by Gasteiger charge is 2.37. The molecular formula is C22H24N2O2. The molecule has 0 saturated heterocycles. The zero-order valence-corrected chi connectivity index (χ0v) is 15.7. The van der Waals surface area contributed by atoms with E-state index in [2.05, 4.69) is 55.9 Å². The largest absolute Gasteiger partial charge is 0.478 e. The van der Waals surface area contributed by atoms with Crippen molar-refractivity contribution in [3.05, 3.63) is 53.1 Å². The van der Waals surface area contributed by atoms with E-state index in [1.165, 1.54) is 24.0 Å². The molecule has 3 aromatic rings. The molecule has 1 aliphatic rings. The Kier molecular flexibility index (Phi) is 3.52. The number of nitrogens with one attached hydrogen (secondary N) is 1. The van der Waals surface area contributed by atoms with Crippen molar-refractivity contribution in [2.45, 2.75) is 51.4 Å². The second-order valence-corrected chi connectivity index (χ2v) is 8.65. The van der Waals surface area contributed by atoms with Crippen LogP contribution in [-0.2, 0) is 10.8 Å². The van der Waals surface area contributed by atoms with Crippen LogP contribution in [-0.4, -0.2) is 21.0 Å². The van der Waals surface area contributed by atoms with Gasteiger partial charge < -0.3 is 10.1 Å². The lowest BCUT2D eigenvalue weighted by Gasteiger charge is -2.42. The molecule has 1 aliphatic carbocycles. The first kappa shape index (κ1) is 16.8. The maximum atomic E-state index is 11.2. The Hall–Kier alpha value is -2.62. The summed E-state index contributed by atoms with van der Waals surface area (Å²) < 4.78 is 0. The van der Waals surface area contributed by atoms with Crippen LogP contribution in [0.3, 0.4) is 0 Å². The van der Waals surface area contributed by atoms with Crippen LogP contribution in [0, 0.1) is 0 Å². The fraction of sp³-hybridized carbons (Fsp3) is 0.364. The van der Waals surface area contributed by atoms with Gasteiger partial charge in [0.25, 0.3) is 0 Å². The van der Waals surface area contributed by atoms with Crippen molar-refractivity contribution in [2.75, 3.05) is 0 Å². The van der Waals surface area contributed by atoms with E-state index in [4.69, 9.17) is 0 Å². The van der Waals surface area contributed by atoms with Crippen molar-refractivity contribution in [2.24, 2.45) is 0 Å². The lowest BCUT2D eigenvalue weighted by Crippen LogP contribution is -2.33. The summed E-state index contributed by atoms with van der Waals surface area (Å²) in [4.78, 5) is 19.1. The Bertz CT molecular complexity index is 1030. The molecule has 4 nitrogen and oxygen atoms in total. The lowest BCUT2D eigenvalue weighted by atomic mass is 9.63. The first-order valence-corrected chi connectivity index (χ1v) is 9.06. The van der Waals surface area contributed by atoms with Crippen molar-refractivity contribution in [1.82, 2.24) is 9.97 Å². The molecule has 26 heavy (non-hydrogen) atoms. The summed E-state index contributed by atoms with van der Waals surface area (Å²) in [6.45, 7) is 9.25. The highest BCUT2D eigenvalue weighted by molar-refractivity contribution is 5.93. The summed E-state index contributed by atoms with van der Waals surface area (Å²) in [6, 6.07) is 11.6. The first-order chi connectivity index (χ1) is 12.2. The highest BCUT2D eigenvalue weighted by Crippen LogP contribution is 2.46. The molecule has 0 spiro atoms. The lowest BCUT2D eigenvalue weighted by molar-refractivity contribution is 0.0697. The number of fused-ring (bicyclic) bond motifs is 2. The van der Waals surface area contributed by atoms with E-state index < -0.39 is 5.97 Å². The minimum atomic E-state index is -0.930. The number of benzene rings is 2. The normalized spacial score (nSPS) is 17.8. The smallest absolute Gasteiger partial charge is 0.335 e. The van der Waals surface area contributed by atoms with Gasteiger partial charge in [-0.1, -0.05) is 39.8 Å². The topological polar surface area (TPSA) is 66.0 Å². The van der Waals surface area contributed by atoms with Gasteiger partial charge in [-0.15, -0.1) is 0 Å². The fourth-order valence-corrected chi connectivity index (χ4v) is 4.02. The number of nitrogens with zero attached hydrogens (tertiary/aromatic N) is 1. The van der Waals surface area contributed by atoms with E-state index in [9.17, 15) is 9.90 Å². The number of hydrogen-bond acceptors (Lipinski definition) is 2. The van der Waals surface area contributed by atoms with Gasteiger partial charge in [-0.05, 0) is 59.1 Å². The first-order valence-electron chi connectivity index (χ1n) is 9.06. The molecule has 0 unspecified atom stereocenters. The zero-order chi connectivity index (χ0) is 18.7. The number of rotatable bonds is 2. The van der Waals surface area contributed by atoms with Crippen LogP contribution in [0.1, 0.15) is 62.0 Å². The predicted molar refractivity (Wildman–Crippen MR) is 104 cm³/mol. The van der Waals surface area contributed by atoms with Crippen LogP contribution in [0.25, 0.3) is 22.4 Å². The molecule has 0 fully saturated rings. The molecule has 2 aromatic carbocycles. The molecule has 4 rings (SSSR count). The number of carbonyl (C=O) groups is 1. The Labute approximate surface area is 153 Å². The van der Waals surface area contributed by atoms with Crippen molar-refractivity contribution >= 4 is 17.0 Å². The van der Waals surface area contributed by atoms with Gasteiger partial charge in [0.05, 0.1) is 16.6 Å². The van der Waals surface area contributed by atoms with Crippen molar-refractivity contribution in [3.8, 4) is 11.4 Å². The third kappa shape index (κ3) is 2.61. The number of carboxylic acid groups (broad SMARTS) is 1. The van der Waals surface area contributed by atoms with E-state index in [0.29, 0.717) is 0 Å². The molecule has 134 valence electrons. The Morgan fingerprint density at radius 2 is 1.69 bits per heavy atom. The number of H-pyrrole nitrogens is 1. The zero-order valence-electron chi connectivity index (χ0n) is 15.7. The summed E-state index contributed by atoms with van der Waals surface area (Å²) in [5.41, 5.74) is 5.97. The van der Waals surface area contributed by atoms with Crippen LogP contribution < -0.4 is 0 Å². The third-order valence-corrected chi connectivity index (χ3v) is 5.86. The number of aromatic carboxylic acids is 1. The summed E-state index contributed by atoms with van der Waals surface area (Å²) in [6.07, 6.45) is 2.35. The van der Waals surface area contributed by atoms with E-state index in [-0.39, 0.29) is 16.4 Å². The van der Waals surface area contributed by atoms with Gasteiger partial charge in [-0.2, -0.15) is 0 Å². The molecule has 0 aliphatic heterocycles. The number of imidazole rings is 1. The number of aromatic nitrogens is 2. The Morgan fingerprint density at radius 3 is 2.38 bits per heavy atom. The maximum absolute atomic E-state index is 11.2. The van der Waals surface area contributed by atoms with Crippen LogP contribution >= 0.6 is 0 Å². The van der Waals surface area contributed by atoms with Gasteiger partial charge in [-0.25, -0.2) is 9.78 Å². The molecule has 0 bridgehead atoms. The number of hydrogen-bond donors (Lipinski definition) is 2. The molecule has 0 radical (unpaired) electrons. The summed E-state index contributed by atoms with van der Waals surface area (Å²) >= 11 is 0. The third-order valence-electron chi connectivity index (χ3n) is 5.86. The number of aromatic amines is 1. The summed E-state index contributed by atoms with van der Waals surface area (Å²) in [7, 11) is 0. The Morgan fingerprint density at radius 1 is 1.00 bits per heavy atom. The van der Waals surface area contributed by atoms with Gasteiger partial charge in [0.15, 0.2) is 0 Å². The average molecular weight is 348 g/mol. The van der Waals surface area contributed by atoms with E-state index in [1.807, 2.05) is 0 Å². The van der Waals surface area contributed by atoms with Crippen molar-refractivity contribution < 1.29 is 9.90 Å². The average Bonchev–Trinajstić information content (AvgIpc) is 3.02. The number of carboxylic acids is 1. The summed E-state index contributed by atoms with van der Waals surface area (Å²) in [5, 5.41) is 9.17. The molecule has 0 atom stereocenters. The Balaban J connectivity index is 1.84. The molecule has 2 N–H and O–H groups in total. The van der Waals surface area contributed by atoms with E-state index in [0.717, 1.165) is 22.4 Å². The van der Waals surface area contributed by atoms with Crippen LogP contribution in [0.2, 0.25) is 0 Å². The van der Waals surface area contributed by atoms with Gasteiger partial charge >= 0.3 is 5.97 Å². The molecule has 0 saturated carbocycles. The second kappa shape index (κ2) is 5.44. The van der Waals surface area contributed by atoms with Crippen LogP contribution in [0.4, 0.5) is 0 Å². The van der Waals surface area contributed by atoms with Gasteiger partial charge in [-0.3, -0.25) is 0 Å². The minimum absolute atomic E-state index is 0.142. The molecule has 0 amide bonds. The SMILES string of the molecule is CC1(C)CCC(C)(C)c2cc(-c3nc4ccc(C(=O)O)cc4[nH]3)ccc21. The van der Waals surface area contributed by atoms with E-state index in [1.54, 1.807) is 18.2 Å². The predicted octanol–water partition coefficient (Wildman–Crippen LogP) is 5.28. The van der Waals surface area contributed by atoms with Crippen molar-refractivity contribution in [1.29, 1.82) is 0 Å². The molecule has 4 heteroatoms. The van der Waals surface area contributed by atoms with Crippen LogP contribution in [0.5, 0.6) is 0 Å². The highest BCUT2D eigenvalue weighted by atomic mass is 16.4. The quantitative estimate of drug-likeness (QED) is 0.662. The standard InChI is InChI=1S/C22H24N2O2/c1-21(2)9-10-22(3,4)16-11-13(5-7-15(16)21)19-23-17-8-6-14(20(25)26)12-18(17)24-19/h5-8,11-12H,9-10H2,1-4H3,(H,23,24)(H,25,26). The van der Waals surface area contributed by atoms with Crippen molar-refractivity contribution in [3.63, 3.8) is 0 Å².